The second kappa shape index (κ2) is 10.2. The van der Waals surface area contributed by atoms with Crippen molar-refractivity contribution >= 4 is 5.91 Å². The molecule has 0 heterocycles. The molecule has 0 aromatic carbocycles. The molecule has 0 aromatic heterocycles. The highest BCUT2D eigenvalue weighted by Gasteiger charge is 2.21. The lowest BCUT2D eigenvalue weighted by Crippen LogP contribution is -2.31. The zero-order chi connectivity index (χ0) is 14.7. The third-order valence-electron chi connectivity index (χ3n) is 3.77. The normalized spacial score (nSPS) is 11.9. The van der Waals surface area contributed by atoms with E-state index in [2.05, 4.69) is 31.0 Å². The Morgan fingerprint density at radius 2 is 1.68 bits per heavy atom. The Bertz CT molecular complexity index is 233. The van der Waals surface area contributed by atoms with E-state index >= 15 is 0 Å². The molecule has 114 valence electrons. The molecule has 0 unspecified atom stereocenters. The van der Waals surface area contributed by atoms with Crippen LogP contribution in [0.15, 0.2) is 0 Å². The SMILES string of the molecule is CCCC(C)(CCC)CCCC(=O)NCCN(C)C. The largest absolute Gasteiger partial charge is 0.355 e. The minimum atomic E-state index is 0.206. The standard InChI is InChI=1S/C16H34N2O/c1-6-10-16(3,11-7-2)12-8-9-15(19)17-13-14-18(4)5/h6-14H2,1-5H3,(H,17,19). The third-order valence-corrected chi connectivity index (χ3v) is 3.77. The summed E-state index contributed by atoms with van der Waals surface area (Å²) >= 11 is 0. The summed E-state index contributed by atoms with van der Waals surface area (Å²) in [5, 5.41) is 2.98. The van der Waals surface area contributed by atoms with E-state index in [4.69, 9.17) is 0 Å². The van der Waals surface area contributed by atoms with Gasteiger partial charge in [0.1, 0.15) is 0 Å². The fourth-order valence-electron chi connectivity index (χ4n) is 2.77. The Labute approximate surface area is 120 Å². The number of carbonyl (C=O) groups is 1. The van der Waals surface area contributed by atoms with Crippen LogP contribution >= 0.6 is 0 Å². The highest BCUT2D eigenvalue weighted by atomic mass is 16.1. The van der Waals surface area contributed by atoms with E-state index in [0.717, 1.165) is 19.5 Å². The molecule has 0 radical (unpaired) electrons. The molecule has 0 bridgehead atoms. The summed E-state index contributed by atoms with van der Waals surface area (Å²) < 4.78 is 0. The zero-order valence-electron chi connectivity index (χ0n) is 13.7. The molecule has 19 heavy (non-hydrogen) atoms. The van der Waals surface area contributed by atoms with Crippen LogP contribution in [0.1, 0.15) is 65.7 Å². The number of amides is 1. The Morgan fingerprint density at radius 3 is 2.16 bits per heavy atom. The van der Waals surface area contributed by atoms with Gasteiger partial charge in [0.25, 0.3) is 0 Å². The lowest BCUT2D eigenvalue weighted by atomic mass is 9.77. The molecular weight excluding hydrogens is 236 g/mol. The van der Waals surface area contributed by atoms with Crippen LogP contribution in [0.2, 0.25) is 0 Å². The van der Waals surface area contributed by atoms with Crippen LogP contribution in [0, 0.1) is 5.41 Å². The van der Waals surface area contributed by atoms with E-state index < -0.39 is 0 Å². The van der Waals surface area contributed by atoms with Gasteiger partial charge in [0.05, 0.1) is 0 Å². The predicted octanol–water partition coefficient (Wildman–Crippen LogP) is 3.44. The Kier molecular flexibility index (Phi) is 9.94. The van der Waals surface area contributed by atoms with Gasteiger partial charge in [-0.2, -0.15) is 0 Å². The number of hydrogen-bond acceptors (Lipinski definition) is 2. The molecule has 1 amide bonds. The summed E-state index contributed by atoms with van der Waals surface area (Å²) in [6.07, 6.45) is 7.92. The van der Waals surface area contributed by atoms with Gasteiger partial charge in [0.15, 0.2) is 0 Å². The molecule has 0 aliphatic heterocycles. The van der Waals surface area contributed by atoms with E-state index in [1.807, 2.05) is 14.1 Å². The van der Waals surface area contributed by atoms with Gasteiger partial charge in [-0.3, -0.25) is 4.79 Å². The first kappa shape index (κ1) is 18.4. The molecular formula is C16H34N2O. The van der Waals surface area contributed by atoms with E-state index in [-0.39, 0.29) is 5.91 Å². The summed E-state index contributed by atoms with van der Waals surface area (Å²) in [6, 6.07) is 0. The van der Waals surface area contributed by atoms with Crippen molar-refractivity contribution in [2.24, 2.45) is 5.41 Å². The second-order valence-corrected chi connectivity index (χ2v) is 6.32. The van der Waals surface area contributed by atoms with Gasteiger partial charge in [0.2, 0.25) is 5.91 Å². The van der Waals surface area contributed by atoms with E-state index in [1.165, 1.54) is 32.1 Å². The highest BCUT2D eigenvalue weighted by Crippen LogP contribution is 2.34. The molecule has 0 atom stereocenters. The maximum absolute atomic E-state index is 11.7. The Morgan fingerprint density at radius 1 is 1.11 bits per heavy atom. The number of nitrogens with zero attached hydrogens (tertiary/aromatic N) is 1. The number of hydrogen-bond donors (Lipinski definition) is 1. The summed E-state index contributed by atoms with van der Waals surface area (Å²) in [5.74, 6) is 0.206. The van der Waals surface area contributed by atoms with Gasteiger partial charge >= 0.3 is 0 Å². The van der Waals surface area contributed by atoms with E-state index in [1.54, 1.807) is 0 Å². The lowest BCUT2D eigenvalue weighted by Gasteiger charge is -2.29. The fourth-order valence-corrected chi connectivity index (χ4v) is 2.77. The lowest BCUT2D eigenvalue weighted by molar-refractivity contribution is -0.121. The van der Waals surface area contributed by atoms with Crippen molar-refractivity contribution in [1.82, 2.24) is 10.2 Å². The first-order valence-corrected chi connectivity index (χ1v) is 7.85. The van der Waals surface area contributed by atoms with Crippen LogP contribution in [0.3, 0.4) is 0 Å². The Hall–Kier alpha value is -0.570. The van der Waals surface area contributed by atoms with Crippen molar-refractivity contribution < 1.29 is 4.79 Å². The number of likely N-dealkylation sites (N-methyl/N-ethyl adjacent to an activating group) is 1. The van der Waals surface area contributed by atoms with Crippen molar-refractivity contribution in [3.8, 4) is 0 Å². The molecule has 0 rings (SSSR count). The highest BCUT2D eigenvalue weighted by molar-refractivity contribution is 5.75. The van der Waals surface area contributed by atoms with Crippen molar-refractivity contribution in [2.75, 3.05) is 27.2 Å². The van der Waals surface area contributed by atoms with Gasteiger partial charge in [-0.25, -0.2) is 0 Å². The molecule has 0 aliphatic carbocycles. The smallest absolute Gasteiger partial charge is 0.220 e. The topological polar surface area (TPSA) is 32.3 Å². The first-order chi connectivity index (χ1) is 8.93. The van der Waals surface area contributed by atoms with Crippen LogP contribution in [0.4, 0.5) is 0 Å². The average Bonchev–Trinajstić information content (AvgIpc) is 2.28. The van der Waals surface area contributed by atoms with Crippen LogP contribution in [-0.2, 0) is 4.79 Å². The summed E-state index contributed by atoms with van der Waals surface area (Å²) in [5.41, 5.74) is 0.438. The van der Waals surface area contributed by atoms with Crippen LogP contribution in [-0.4, -0.2) is 38.0 Å². The van der Waals surface area contributed by atoms with E-state index in [9.17, 15) is 4.79 Å². The molecule has 1 N–H and O–H groups in total. The van der Waals surface area contributed by atoms with Gasteiger partial charge in [-0.15, -0.1) is 0 Å². The third kappa shape index (κ3) is 9.94. The molecule has 0 saturated carbocycles. The minimum absolute atomic E-state index is 0.206. The molecule has 0 fully saturated rings. The Balaban J connectivity index is 3.82. The summed E-state index contributed by atoms with van der Waals surface area (Å²) in [4.78, 5) is 13.8. The first-order valence-electron chi connectivity index (χ1n) is 7.85. The van der Waals surface area contributed by atoms with Crippen LogP contribution < -0.4 is 5.32 Å². The van der Waals surface area contributed by atoms with Gasteiger partial charge in [-0.1, -0.05) is 33.6 Å². The van der Waals surface area contributed by atoms with Crippen molar-refractivity contribution in [1.29, 1.82) is 0 Å². The fraction of sp³-hybridized carbons (Fsp3) is 0.938. The van der Waals surface area contributed by atoms with Crippen molar-refractivity contribution in [3.63, 3.8) is 0 Å². The second-order valence-electron chi connectivity index (χ2n) is 6.32. The molecule has 3 heteroatoms. The minimum Gasteiger partial charge on any atom is -0.355 e. The number of rotatable bonds is 11. The van der Waals surface area contributed by atoms with Gasteiger partial charge in [0, 0.05) is 19.5 Å². The van der Waals surface area contributed by atoms with Crippen molar-refractivity contribution in [2.45, 2.75) is 65.7 Å². The van der Waals surface area contributed by atoms with Crippen LogP contribution in [0.25, 0.3) is 0 Å². The van der Waals surface area contributed by atoms with Crippen LogP contribution in [0.5, 0.6) is 0 Å². The summed E-state index contributed by atoms with van der Waals surface area (Å²) in [7, 11) is 4.04. The monoisotopic (exact) mass is 270 g/mol. The maximum atomic E-state index is 11.7. The zero-order valence-corrected chi connectivity index (χ0v) is 13.7. The van der Waals surface area contributed by atoms with E-state index in [0.29, 0.717) is 11.8 Å². The maximum Gasteiger partial charge on any atom is 0.220 e. The van der Waals surface area contributed by atoms with Gasteiger partial charge in [-0.05, 0) is 45.2 Å². The average molecular weight is 270 g/mol. The molecule has 0 spiro atoms. The molecule has 0 saturated heterocycles. The van der Waals surface area contributed by atoms with Crippen molar-refractivity contribution in [3.05, 3.63) is 0 Å². The number of nitrogens with one attached hydrogen (secondary N) is 1. The number of carbonyl (C=O) groups excluding carboxylic acids is 1. The molecule has 0 aliphatic rings. The molecule has 3 nitrogen and oxygen atoms in total. The predicted molar refractivity (Wildman–Crippen MR) is 83.3 cm³/mol. The quantitative estimate of drug-likeness (QED) is 0.624. The van der Waals surface area contributed by atoms with Gasteiger partial charge < -0.3 is 10.2 Å². The molecule has 0 aromatic rings. The summed E-state index contributed by atoms with van der Waals surface area (Å²) in [6.45, 7) is 8.55.